The molecule has 18 heavy (non-hydrogen) atoms. The van der Waals surface area contributed by atoms with Crippen LogP contribution in [0.2, 0.25) is 0 Å². The van der Waals surface area contributed by atoms with Gasteiger partial charge in [-0.2, -0.15) is 0 Å². The molecule has 0 spiro atoms. The molecule has 1 aliphatic rings. The van der Waals surface area contributed by atoms with Gasteiger partial charge in [0.2, 0.25) is 0 Å². The molecular formula is C13H16O4S. The van der Waals surface area contributed by atoms with Gasteiger partial charge < -0.3 is 9.90 Å². The summed E-state index contributed by atoms with van der Waals surface area (Å²) in [6.45, 7) is 0. The van der Waals surface area contributed by atoms with Crippen molar-refractivity contribution in [3.05, 3.63) is 29.8 Å². The predicted molar refractivity (Wildman–Crippen MR) is 68.3 cm³/mol. The van der Waals surface area contributed by atoms with E-state index in [1.165, 1.54) is 0 Å². The van der Waals surface area contributed by atoms with Crippen LogP contribution < -0.4 is 0 Å². The topological polar surface area (TPSA) is 71.4 Å². The molecule has 1 unspecified atom stereocenters. The van der Waals surface area contributed by atoms with Crippen LogP contribution in [0.4, 0.5) is 0 Å². The van der Waals surface area contributed by atoms with Crippen molar-refractivity contribution in [2.45, 2.75) is 18.8 Å². The number of carbonyl (C=O) groups excluding carboxylic acids is 1. The largest absolute Gasteiger partial charge is 0.508 e. The van der Waals surface area contributed by atoms with Crippen LogP contribution >= 0.6 is 0 Å². The van der Waals surface area contributed by atoms with Crippen molar-refractivity contribution < 1.29 is 18.3 Å². The molecule has 0 aromatic heterocycles. The number of hydrogen-bond donors (Lipinski definition) is 1. The summed E-state index contributed by atoms with van der Waals surface area (Å²) in [5.41, 5.74) is 0.759. The van der Waals surface area contributed by atoms with Crippen LogP contribution in [0.3, 0.4) is 0 Å². The molecule has 1 aromatic carbocycles. The van der Waals surface area contributed by atoms with Gasteiger partial charge in [-0.15, -0.1) is 0 Å². The van der Waals surface area contributed by atoms with E-state index in [0.717, 1.165) is 11.8 Å². The Morgan fingerprint density at radius 2 is 1.94 bits per heavy atom. The molecule has 5 heteroatoms. The zero-order valence-corrected chi connectivity index (χ0v) is 10.8. The quantitative estimate of drug-likeness (QED) is 0.843. The normalized spacial score (nSPS) is 21.3. The van der Waals surface area contributed by atoms with Gasteiger partial charge in [-0.05, 0) is 36.5 Å². The lowest BCUT2D eigenvalue weighted by Crippen LogP contribution is -2.27. The summed E-state index contributed by atoms with van der Waals surface area (Å²) in [6.07, 6.45) is 1.89. The van der Waals surface area contributed by atoms with E-state index < -0.39 is 9.84 Å². The fourth-order valence-corrected chi connectivity index (χ4v) is 3.99. The maximum absolute atomic E-state index is 11.4. The number of sulfone groups is 1. The number of phenolic OH excluding ortho intramolecular Hbond substituents is 1. The Morgan fingerprint density at radius 3 is 2.50 bits per heavy atom. The van der Waals surface area contributed by atoms with Crippen molar-refractivity contribution >= 4 is 16.1 Å². The highest BCUT2D eigenvalue weighted by atomic mass is 32.2. The van der Waals surface area contributed by atoms with Crippen LogP contribution in [-0.4, -0.2) is 31.3 Å². The molecule has 0 aliphatic carbocycles. The van der Waals surface area contributed by atoms with Crippen molar-refractivity contribution in [1.29, 1.82) is 0 Å². The third-order valence-electron chi connectivity index (χ3n) is 3.51. The standard InChI is InChI=1S/C13H16O4S/c14-9-13(11-2-1-3-12(15)8-11)10-4-6-18(16,17)7-5-10/h1-3,8-10,13,15H,4-7H2. The second-order valence-electron chi connectivity index (χ2n) is 4.75. The third-order valence-corrected chi connectivity index (χ3v) is 5.22. The molecule has 98 valence electrons. The number of rotatable bonds is 3. The molecule has 1 atom stereocenters. The molecule has 1 saturated heterocycles. The number of aldehydes is 1. The van der Waals surface area contributed by atoms with E-state index >= 15 is 0 Å². The number of aromatic hydroxyl groups is 1. The summed E-state index contributed by atoms with van der Waals surface area (Å²) < 4.78 is 22.7. The Hall–Kier alpha value is -1.36. The fourth-order valence-electron chi connectivity index (χ4n) is 2.46. The second-order valence-corrected chi connectivity index (χ2v) is 7.05. The molecule has 0 bridgehead atoms. The SMILES string of the molecule is O=CC(c1cccc(O)c1)C1CCS(=O)(=O)CC1. The Kier molecular flexibility index (Phi) is 3.71. The van der Waals surface area contributed by atoms with Gasteiger partial charge in [-0.25, -0.2) is 8.42 Å². The highest BCUT2D eigenvalue weighted by Crippen LogP contribution is 2.33. The maximum Gasteiger partial charge on any atom is 0.150 e. The van der Waals surface area contributed by atoms with Gasteiger partial charge in [0.25, 0.3) is 0 Å². The summed E-state index contributed by atoms with van der Waals surface area (Å²) in [4.78, 5) is 11.2. The number of carbonyl (C=O) groups is 1. The van der Waals surface area contributed by atoms with E-state index in [0.29, 0.717) is 12.8 Å². The van der Waals surface area contributed by atoms with Gasteiger partial charge in [0, 0.05) is 5.92 Å². The van der Waals surface area contributed by atoms with Gasteiger partial charge in [0.05, 0.1) is 11.5 Å². The highest BCUT2D eigenvalue weighted by molar-refractivity contribution is 7.91. The van der Waals surface area contributed by atoms with Crippen LogP contribution in [0.5, 0.6) is 5.75 Å². The summed E-state index contributed by atoms with van der Waals surface area (Å²) in [7, 11) is -2.91. The van der Waals surface area contributed by atoms with Gasteiger partial charge in [0.15, 0.2) is 0 Å². The number of hydrogen-bond acceptors (Lipinski definition) is 4. The van der Waals surface area contributed by atoms with E-state index in [4.69, 9.17) is 0 Å². The fraction of sp³-hybridized carbons (Fsp3) is 0.462. The Bertz CT molecular complexity index is 522. The predicted octanol–water partition coefficient (Wildman–Crippen LogP) is 1.50. The smallest absolute Gasteiger partial charge is 0.150 e. The van der Waals surface area contributed by atoms with Crippen molar-refractivity contribution in [3.63, 3.8) is 0 Å². The Labute approximate surface area is 107 Å². The summed E-state index contributed by atoms with van der Waals surface area (Å²) in [5, 5.41) is 9.43. The molecule has 1 fully saturated rings. The van der Waals surface area contributed by atoms with Gasteiger partial charge in [0.1, 0.15) is 21.9 Å². The lowest BCUT2D eigenvalue weighted by Gasteiger charge is -2.27. The summed E-state index contributed by atoms with van der Waals surface area (Å²) >= 11 is 0. The zero-order valence-electron chi connectivity index (χ0n) is 9.95. The Morgan fingerprint density at radius 1 is 1.28 bits per heavy atom. The van der Waals surface area contributed by atoms with Crippen molar-refractivity contribution in [3.8, 4) is 5.75 Å². The maximum atomic E-state index is 11.4. The molecule has 1 heterocycles. The van der Waals surface area contributed by atoms with E-state index in [2.05, 4.69) is 0 Å². The van der Waals surface area contributed by atoms with Crippen LogP contribution in [0.1, 0.15) is 24.3 Å². The lowest BCUT2D eigenvalue weighted by molar-refractivity contribution is -0.110. The van der Waals surface area contributed by atoms with Gasteiger partial charge in [-0.3, -0.25) is 0 Å². The highest BCUT2D eigenvalue weighted by Gasteiger charge is 2.30. The molecule has 1 aliphatic heterocycles. The molecule has 0 saturated carbocycles. The summed E-state index contributed by atoms with van der Waals surface area (Å²) in [5.74, 6) is 0.157. The monoisotopic (exact) mass is 268 g/mol. The van der Waals surface area contributed by atoms with Crippen molar-refractivity contribution in [2.75, 3.05) is 11.5 Å². The molecule has 0 amide bonds. The summed E-state index contributed by atoms with van der Waals surface area (Å²) in [6, 6.07) is 6.61. The first kappa shape index (κ1) is 13.1. The van der Waals surface area contributed by atoms with E-state index in [9.17, 15) is 18.3 Å². The van der Waals surface area contributed by atoms with Crippen LogP contribution in [0, 0.1) is 5.92 Å². The molecule has 4 nitrogen and oxygen atoms in total. The number of benzene rings is 1. The Balaban J connectivity index is 2.17. The molecule has 1 aromatic rings. The first-order valence-corrected chi connectivity index (χ1v) is 7.78. The first-order chi connectivity index (χ1) is 8.52. The van der Waals surface area contributed by atoms with E-state index in [1.807, 2.05) is 0 Å². The third kappa shape index (κ3) is 2.90. The molecule has 1 N–H and O–H groups in total. The molecular weight excluding hydrogens is 252 g/mol. The average Bonchev–Trinajstić information content (AvgIpc) is 2.32. The van der Waals surface area contributed by atoms with Gasteiger partial charge in [-0.1, -0.05) is 12.1 Å². The van der Waals surface area contributed by atoms with E-state index in [1.54, 1.807) is 24.3 Å². The minimum Gasteiger partial charge on any atom is -0.508 e. The zero-order chi connectivity index (χ0) is 13.2. The number of phenols is 1. The first-order valence-electron chi connectivity index (χ1n) is 5.96. The van der Waals surface area contributed by atoms with Crippen LogP contribution in [0.15, 0.2) is 24.3 Å². The van der Waals surface area contributed by atoms with Gasteiger partial charge >= 0.3 is 0 Å². The minimum atomic E-state index is -2.91. The van der Waals surface area contributed by atoms with Crippen LogP contribution in [0.25, 0.3) is 0 Å². The lowest BCUT2D eigenvalue weighted by atomic mass is 9.83. The average molecular weight is 268 g/mol. The molecule has 2 rings (SSSR count). The van der Waals surface area contributed by atoms with Crippen molar-refractivity contribution in [1.82, 2.24) is 0 Å². The minimum absolute atomic E-state index is 0.0489. The molecule has 0 radical (unpaired) electrons. The van der Waals surface area contributed by atoms with Crippen molar-refractivity contribution in [2.24, 2.45) is 5.92 Å². The second kappa shape index (κ2) is 5.10. The van der Waals surface area contributed by atoms with Crippen LogP contribution in [-0.2, 0) is 14.6 Å². The van der Waals surface area contributed by atoms with E-state index in [-0.39, 0.29) is 29.1 Å².